The van der Waals surface area contributed by atoms with Gasteiger partial charge >= 0.3 is 0 Å². The van der Waals surface area contributed by atoms with Crippen molar-refractivity contribution in [2.45, 2.75) is 0 Å². The first-order valence-corrected chi connectivity index (χ1v) is 8.13. The van der Waals surface area contributed by atoms with Gasteiger partial charge in [-0.2, -0.15) is 4.98 Å². The van der Waals surface area contributed by atoms with Crippen LogP contribution in [0.25, 0.3) is 17.2 Å². The van der Waals surface area contributed by atoms with E-state index in [0.29, 0.717) is 11.6 Å². The van der Waals surface area contributed by atoms with Crippen LogP contribution in [0.2, 0.25) is 0 Å². The average Bonchev–Trinajstić information content (AvgIpc) is 3.10. The molecule has 4 aromatic rings. The van der Waals surface area contributed by atoms with Crippen LogP contribution >= 0.6 is 0 Å². The fourth-order valence-corrected chi connectivity index (χ4v) is 2.51. The number of hydrogen-bond donors (Lipinski definition) is 1. The molecule has 5 nitrogen and oxygen atoms in total. The Morgan fingerprint density at radius 2 is 1.73 bits per heavy atom. The van der Waals surface area contributed by atoms with Crippen molar-refractivity contribution in [3.63, 3.8) is 0 Å². The van der Waals surface area contributed by atoms with Crippen LogP contribution in [0.15, 0.2) is 83.6 Å². The van der Waals surface area contributed by atoms with Crippen molar-refractivity contribution in [1.29, 1.82) is 0 Å². The van der Waals surface area contributed by atoms with Crippen molar-refractivity contribution in [3.8, 4) is 0 Å². The predicted molar refractivity (Wildman–Crippen MR) is 101 cm³/mol. The van der Waals surface area contributed by atoms with Crippen molar-refractivity contribution in [2.75, 3.05) is 5.32 Å². The van der Waals surface area contributed by atoms with Gasteiger partial charge in [-0.15, -0.1) is 0 Å². The first kappa shape index (κ1) is 15.8. The topological polar surface area (TPSA) is 68.0 Å². The van der Waals surface area contributed by atoms with Gasteiger partial charge in [0, 0.05) is 23.6 Å². The number of pyridine rings is 1. The normalized spacial score (nSPS) is 11.1. The Hall–Kier alpha value is -3.73. The maximum atomic E-state index is 12.3. The molecule has 0 aliphatic heterocycles. The third-order valence-electron chi connectivity index (χ3n) is 3.85. The van der Waals surface area contributed by atoms with E-state index in [1.165, 1.54) is 0 Å². The molecule has 1 N–H and O–H groups in total. The van der Waals surface area contributed by atoms with Gasteiger partial charge in [0.15, 0.2) is 11.4 Å². The minimum absolute atomic E-state index is 0.0600. The Labute approximate surface area is 150 Å². The van der Waals surface area contributed by atoms with Gasteiger partial charge in [0.2, 0.25) is 0 Å². The van der Waals surface area contributed by atoms with E-state index in [1.54, 1.807) is 36.7 Å². The molecule has 2 aromatic carbocycles. The third kappa shape index (κ3) is 3.52. The maximum absolute atomic E-state index is 12.3. The second-order valence-corrected chi connectivity index (χ2v) is 5.67. The molecule has 126 valence electrons. The molecule has 0 unspecified atom stereocenters. The Balaban J connectivity index is 1.46. The van der Waals surface area contributed by atoms with E-state index in [1.807, 2.05) is 48.5 Å². The summed E-state index contributed by atoms with van der Waals surface area (Å²) in [5, 5.41) is 3.10. The number of ketones is 1. The zero-order valence-electron chi connectivity index (χ0n) is 13.8. The lowest BCUT2D eigenvalue weighted by Crippen LogP contribution is -1.95. The van der Waals surface area contributed by atoms with Crippen molar-refractivity contribution >= 4 is 34.7 Å². The number of rotatable bonds is 5. The number of oxazole rings is 1. The first-order chi connectivity index (χ1) is 12.8. The molecular formula is C21H15N3O2. The number of hydrogen-bond acceptors (Lipinski definition) is 5. The maximum Gasteiger partial charge on any atom is 0.300 e. The Morgan fingerprint density at radius 1 is 0.962 bits per heavy atom. The molecule has 0 bridgehead atoms. The summed E-state index contributed by atoms with van der Waals surface area (Å²) in [6.07, 6.45) is 6.71. The second-order valence-electron chi connectivity index (χ2n) is 5.67. The number of carbonyl (C=O) groups is 1. The number of aromatic nitrogens is 2. The molecule has 0 aliphatic rings. The Morgan fingerprint density at radius 3 is 2.50 bits per heavy atom. The fourth-order valence-electron chi connectivity index (χ4n) is 2.51. The van der Waals surface area contributed by atoms with E-state index in [0.717, 1.165) is 22.4 Å². The zero-order chi connectivity index (χ0) is 17.8. The van der Waals surface area contributed by atoms with Crippen molar-refractivity contribution in [2.24, 2.45) is 0 Å². The van der Waals surface area contributed by atoms with Crippen LogP contribution in [0.3, 0.4) is 0 Å². The molecule has 0 atom stereocenters. The molecule has 26 heavy (non-hydrogen) atoms. The monoisotopic (exact) mass is 341 g/mol. The molecule has 0 saturated heterocycles. The number of benzene rings is 2. The zero-order valence-corrected chi connectivity index (χ0v) is 13.8. The molecule has 0 fully saturated rings. The quantitative estimate of drug-likeness (QED) is 0.414. The SMILES string of the molecule is O=C(/C=C/c1ccncc1)c1ccc(Nc2nc3ccccc3o2)cc1. The Bertz CT molecular complexity index is 1030. The van der Waals surface area contributed by atoms with Crippen LogP contribution in [-0.4, -0.2) is 15.8 Å². The molecular weight excluding hydrogens is 326 g/mol. The molecule has 2 heterocycles. The van der Waals surface area contributed by atoms with Crippen LogP contribution in [0.4, 0.5) is 11.7 Å². The lowest BCUT2D eigenvalue weighted by atomic mass is 10.1. The summed E-state index contributed by atoms with van der Waals surface area (Å²) in [6, 6.07) is 18.9. The average molecular weight is 341 g/mol. The largest absolute Gasteiger partial charge is 0.423 e. The number of nitrogens with one attached hydrogen (secondary N) is 1. The molecule has 0 saturated carbocycles. The van der Waals surface area contributed by atoms with E-state index in [-0.39, 0.29) is 5.78 Å². The number of fused-ring (bicyclic) bond motifs is 1. The standard InChI is InChI=1S/C21H15N3O2/c25-19(10-5-15-11-13-22-14-12-15)16-6-8-17(9-7-16)23-21-24-18-3-1-2-4-20(18)26-21/h1-14H,(H,23,24)/b10-5+. The van der Waals surface area contributed by atoms with E-state index >= 15 is 0 Å². The summed E-state index contributed by atoms with van der Waals surface area (Å²) in [5.74, 6) is -0.0600. The lowest BCUT2D eigenvalue weighted by molar-refractivity contribution is 0.104. The highest BCUT2D eigenvalue weighted by atomic mass is 16.4. The second kappa shape index (κ2) is 7.03. The number of carbonyl (C=O) groups excluding carboxylic acids is 1. The highest BCUT2D eigenvalue weighted by Gasteiger charge is 2.06. The molecule has 5 heteroatoms. The molecule has 0 amide bonds. The summed E-state index contributed by atoms with van der Waals surface area (Å²) >= 11 is 0. The molecule has 0 radical (unpaired) electrons. The summed E-state index contributed by atoms with van der Waals surface area (Å²) in [7, 11) is 0. The van der Waals surface area contributed by atoms with Gasteiger partial charge in [-0.25, -0.2) is 0 Å². The van der Waals surface area contributed by atoms with Gasteiger partial charge in [-0.3, -0.25) is 9.78 Å². The Kier molecular flexibility index (Phi) is 4.26. The van der Waals surface area contributed by atoms with Gasteiger partial charge in [0.1, 0.15) is 5.52 Å². The summed E-state index contributed by atoms with van der Waals surface area (Å²) in [5.41, 5.74) is 3.86. The minimum atomic E-state index is -0.0600. The van der Waals surface area contributed by atoms with Crippen molar-refractivity contribution in [3.05, 3.63) is 90.3 Å². The van der Waals surface area contributed by atoms with Crippen molar-refractivity contribution in [1.82, 2.24) is 9.97 Å². The lowest BCUT2D eigenvalue weighted by Gasteiger charge is -2.02. The first-order valence-electron chi connectivity index (χ1n) is 8.13. The summed E-state index contributed by atoms with van der Waals surface area (Å²) in [4.78, 5) is 20.6. The minimum Gasteiger partial charge on any atom is -0.423 e. The van der Waals surface area contributed by atoms with E-state index < -0.39 is 0 Å². The number of anilines is 2. The smallest absolute Gasteiger partial charge is 0.300 e. The van der Waals surface area contributed by atoms with Gasteiger partial charge < -0.3 is 9.73 Å². The molecule has 2 aromatic heterocycles. The van der Waals surface area contributed by atoms with E-state index in [9.17, 15) is 4.79 Å². The fraction of sp³-hybridized carbons (Fsp3) is 0. The van der Waals surface area contributed by atoms with Gasteiger partial charge in [-0.05, 0) is 60.2 Å². The van der Waals surface area contributed by atoms with E-state index in [4.69, 9.17) is 4.42 Å². The highest BCUT2D eigenvalue weighted by molar-refractivity contribution is 6.07. The number of para-hydroxylation sites is 2. The van der Waals surface area contributed by atoms with Gasteiger partial charge in [0.25, 0.3) is 6.01 Å². The van der Waals surface area contributed by atoms with Crippen LogP contribution in [0.1, 0.15) is 15.9 Å². The van der Waals surface area contributed by atoms with Crippen LogP contribution < -0.4 is 5.32 Å². The summed E-state index contributed by atoms with van der Waals surface area (Å²) in [6.45, 7) is 0. The third-order valence-corrected chi connectivity index (χ3v) is 3.85. The molecule has 4 rings (SSSR count). The highest BCUT2D eigenvalue weighted by Crippen LogP contribution is 2.22. The van der Waals surface area contributed by atoms with Gasteiger partial charge in [-0.1, -0.05) is 18.2 Å². The van der Waals surface area contributed by atoms with Crippen LogP contribution in [0, 0.1) is 0 Å². The number of allylic oxidation sites excluding steroid dienone is 1. The molecule has 0 aliphatic carbocycles. The number of nitrogens with zero attached hydrogens (tertiary/aromatic N) is 2. The molecule has 0 spiro atoms. The predicted octanol–water partition coefficient (Wildman–Crippen LogP) is 4.86. The van der Waals surface area contributed by atoms with Crippen LogP contribution in [-0.2, 0) is 0 Å². The van der Waals surface area contributed by atoms with E-state index in [2.05, 4.69) is 15.3 Å². The van der Waals surface area contributed by atoms with Gasteiger partial charge in [0.05, 0.1) is 0 Å². The van der Waals surface area contributed by atoms with Crippen molar-refractivity contribution < 1.29 is 9.21 Å². The summed E-state index contributed by atoms with van der Waals surface area (Å²) < 4.78 is 5.63. The van der Waals surface area contributed by atoms with Crippen LogP contribution in [0.5, 0.6) is 0 Å².